The Hall–Kier alpha value is -4.47. The van der Waals surface area contributed by atoms with Crippen molar-refractivity contribution in [1.82, 2.24) is 34.2 Å². The van der Waals surface area contributed by atoms with E-state index in [0.717, 1.165) is 42.8 Å². The summed E-state index contributed by atoms with van der Waals surface area (Å²) in [6, 6.07) is 17.6. The number of fused-ring (bicyclic) bond motifs is 1. The molecule has 1 aliphatic carbocycles. The van der Waals surface area contributed by atoms with Crippen molar-refractivity contribution >= 4 is 17.5 Å². The molecule has 1 aliphatic rings. The Bertz CT molecular complexity index is 1440. The molecule has 0 saturated heterocycles. The Balaban J connectivity index is 1.15. The van der Waals surface area contributed by atoms with Crippen LogP contribution in [-0.2, 0) is 11.3 Å². The molecule has 6 rings (SSSR count). The average Bonchev–Trinajstić information content (AvgIpc) is 3.26. The van der Waals surface area contributed by atoms with Gasteiger partial charge in [0, 0.05) is 42.8 Å². The third kappa shape index (κ3) is 4.83. The molecule has 4 heterocycles. The highest BCUT2D eigenvalue weighted by Crippen LogP contribution is 2.30. The third-order valence-electron chi connectivity index (χ3n) is 6.28. The van der Waals surface area contributed by atoms with Crippen molar-refractivity contribution in [2.75, 3.05) is 11.9 Å². The maximum atomic E-state index is 12.1. The molecule has 0 radical (unpaired) electrons. The predicted octanol–water partition coefficient (Wildman–Crippen LogP) is 3.85. The van der Waals surface area contributed by atoms with E-state index in [1.54, 1.807) is 16.9 Å². The van der Waals surface area contributed by atoms with Gasteiger partial charge in [0.25, 0.3) is 0 Å². The number of anilines is 1. The molecular formula is C26H26N8O2. The lowest BCUT2D eigenvalue weighted by Crippen LogP contribution is -2.20. The molecule has 1 amide bonds. The molecule has 0 bridgehead atoms. The number of pyridine rings is 1. The highest BCUT2D eigenvalue weighted by molar-refractivity contribution is 5.92. The SMILES string of the molecule is O=C(Nc1nc2cccc(-c3ccc(OCC(CCn4cccn4)n4cccn4)cc3)n2n1)C1CC1. The number of carbonyl (C=O) groups is 1. The van der Waals surface area contributed by atoms with Gasteiger partial charge < -0.3 is 4.74 Å². The molecule has 1 fully saturated rings. The molecule has 0 aliphatic heterocycles. The number of rotatable bonds is 10. The van der Waals surface area contributed by atoms with Crippen LogP contribution in [0.15, 0.2) is 79.4 Å². The van der Waals surface area contributed by atoms with E-state index in [-0.39, 0.29) is 17.9 Å². The summed E-state index contributed by atoms with van der Waals surface area (Å²) in [6.45, 7) is 1.27. The smallest absolute Gasteiger partial charge is 0.249 e. The molecule has 1 unspecified atom stereocenters. The molecule has 10 heteroatoms. The fraction of sp³-hybridized carbons (Fsp3) is 0.269. The highest BCUT2D eigenvalue weighted by atomic mass is 16.5. The van der Waals surface area contributed by atoms with Gasteiger partial charge in [0.05, 0.1) is 11.7 Å². The van der Waals surface area contributed by atoms with Crippen molar-refractivity contribution in [3.05, 3.63) is 79.4 Å². The van der Waals surface area contributed by atoms with E-state index >= 15 is 0 Å². The lowest BCUT2D eigenvalue weighted by molar-refractivity contribution is -0.117. The topological polar surface area (TPSA) is 104 Å². The minimum Gasteiger partial charge on any atom is -0.491 e. The molecule has 182 valence electrons. The van der Waals surface area contributed by atoms with E-state index < -0.39 is 0 Å². The molecule has 4 aromatic heterocycles. The Morgan fingerprint density at radius 3 is 2.61 bits per heavy atom. The summed E-state index contributed by atoms with van der Waals surface area (Å²) in [4.78, 5) is 16.6. The van der Waals surface area contributed by atoms with E-state index in [1.165, 1.54) is 0 Å². The van der Waals surface area contributed by atoms with Crippen LogP contribution >= 0.6 is 0 Å². The van der Waals surface area contributed by atoms with Crippen LogP contribution in [0.2, 0.25) is 0 Å². The van der Waals surface area contributed by atoms with Crippen LogP contribution in [0, 0.1) is 5.92 Å². The number of aromatic nitrogens is 7. The fourth-order valence-electron chi connectivity index (χ4n) is 4.15. The second kappa shape index (κ2) is 9.65. The van der Waals surface area contributed by atoms with Crippen molar-refractivity contribution in [2.45, 2.75) is 31.8 Å². The highest BCUT2D eigenvalue weighted by Gasteiger charge is 2.30. The van der Waals surface area contributed by atoms with Gasteiger partial charge in [0.15, 0.2) is 5.65 Å². The van der Waals surface area contributed by atoms with Crippen LogP contribution in [0.3, 0.4) is 0 Å². The van der Waals surface area contributed by atoms with Gasteiger partial charge in [-0.15, -0.1) is 5.10 Å². The first-order valence-corrected chi connectivity index (χ1v) is 12.1. The summed E-state index contributed by atoms with van der Waals surface area (Å²) >= 11 is 0. The largest absolute Gasteiger partial charge is 0.491 e. The zero-order valence-electron chi connectivity index (χ0n) is 19.6. The first-order chi connectivity index (χ1) is 17.7. The number of ether oxygens (including phenoxy) is 1. The van der Waals surface area contributed by atoms with E-state index in [2.05, 4.69) is 25.6 Å². The molecule has 1 aromatic carbocycles. The number of hydrogen-bond acceptors (Lipinski definition) is 6. The fourth-order valence-corrected chi connectivity index (χ4v) is 4.15. The number of hydrogen-bond donors (Lipinski definition) is 1. The van der Waals surface area contributed by atoms with Crippen molar-refractivity contribution in [1.29, 1.82) is 0 Å². The molecule has 1 saturated carbocycles. The van der Waals surface area contributed by atoms with Gasteiger partial charge in [-0.05, 0) is 67.8 Å². The van der Waals surface area contributed by atoms with E-state index in [0.29, 0.717) is 18.2 Å². The van der Waals surface area contributed by atoms with Crippen molar-refractivity contribution in [3.63, 3.8) is 0 Å². The lowest BCUT2D eigenvalue weighted by atomic mass is 10.1. The maximum Gasteiger partial charge on any atom is 0.249 e. The first-order valence-electron chi connectivity index (χ1n) is 12.1. The number of carbonyl (C=O) groups excluding carboxylic acids is 1. The Kier molecular flexibility index (Phi) is 5.90. The summed E-state index contributed by atoms with van der Waals surface area (Å²) in [5.74, 6) is 1.20. The average molecular weight is 483 g/mol. The van der Waals surface area contributed by atoms with Gasteiger partial charge >= 0.3 is 0 Å². The first kappa shape index (κ1) is 22.0. The van der Waals surface area contributed by atoms with Crippen LogP contribution in [0.1, 0.15) is 25.3 Å². The molecule has 10 nitrogen and oxygen atoms in total. The van der Waals surface area contributed by atoms with Crippen LogP contribution in [0.5, 0.6) is 5.75 Å². The molecule has 1 atom stereocenters. The molecule has 36 heavy (non-hydrogen) atoms. The van der Waals surface area contributed by atoms with Gasteiger partial charge in [-0.1, -0.05) is 6.07 Å². The Labute approximate surface area is 207 Å². The third-order valence-corrected chi connectivity index (χ3v) is 6.28. The summed E-state index contributed by atoms with van der Waals surface area (Å²) in [7, 11) is 0. The summed E-state index contributed by atoms with van der Waals surface area (Å²) in [5, 5.41) is 16.0. The normalized spacial score (nSPS) is 14.1. The van der Waals surface area contributed by atoms with Crippen molar-refractivity contribution in [2.24, 2.45) is 5.92 Å². The van der Waals surface area contributed by atoms with Gasteiger partial charge in [-0.2, -0.15) is 15.2 Å². The standard InChI is InChI=1S/C26H26N8O2/c35-25(20-6-7-20)30-26-29-24-5-1-4-23(34(24)31-26)19-8-10-22(11-9-19)36-18-21(33-16-3-14-28-33)12-17-32-15-2-13-27-32/h1-5,8-11,13-16,20-21H,6-7,12,17-18H2,(H,30,31,35). The zero-order valence-corrected chi connectivity index (χ0v) is 19.6. The number of benzene rings is 1. The van der Waals surface area contributed by atoms with E-state index in [4.69, 9.17) is 4.74 Å². The summed E-state index contributed by atoms with van der Waals surface area (Å²) in [5.41, 5.74) is 2.53. The lowest BCUT2D eigenvalue weighted by Gasteiger charge is -2.18. The van der Waals surface area contributed by atoms with Crippen molar-refractivity contribution < 1.29 is 9.53 Å². The number of amides is 1. The molecule has 5 aromatic rings. The number of nitrogens with one attached hydrogen (secondary N) is 1. The summed E-state index contributed by atoms with van der Waals surface area (Å²) in [6.07, 6.45) is 10.2. The quantitative estimate of drug-likeness (QED) is 0.324. The zero-order chi connectivity index (χ0) is 24.3. The van der Waals surface area contributed by atoms with Gasteiger partial charge in [0.1, 0.15) is 12.4 Å². The van der Waals surface area contributed by atoms with Crippen molar-refractivity contribution in [3.8, 4) is 17.0 Å². The summed E-state index contributed by atoms with van der Waals surface area (Å²) < 4.78 is 11.7. The minimum absolute atomic E-state index is 0.00741. The van der Waals surface area contributed by atoms with Gasteiger partial charge in [-0.3, -0.25) is 19.5 Å². The van der Waals surface area contributed by atoms with Crippen LogP contribution in [-0.4, -0.2) is 46.7 Å². The predicted molar refractivity (Wildman–Crippen MR) is 133 cm³/mol. The van der Waals surface area contributed by atoms with Crippen LogP contribution in [0.4, 0.5) is 5.95 Å². The van der Waals surface area contributed by atoms with Gasteiger partial charge in [0.2, 0.25) is 11.9 Å². The number of aryl methyl sites for hydroxylation is 1. The van der Waals surface area contributed by atoms with Crippen LogP contribution in [0.25, 0.3) is 16.9 Å². The van der Waals surface area contributed by atoms with Crippen LogP contribution < -0.4 is 10.1 Å². The van der Waals surface area contributed by atoms with Gasteiger partial charge in [-0.25, -0.2) is 4.52 Å². The van der Waals surface area contributed by atoms with E-state index in [1.807, 2.05) is 76.4 Å². The molecule has 0 spiro atoms. The second-order valence-electron chi connectivity index (χ2n) is 8.91. The Morgan fingerprint density at radius 1 is 1.03 bits per heavy atom. The minimum atomic E-state index is -0.00741. The monoisotopic (exact) mass is 482 g/mol. The Morgan fingerprint density at radius 2 is 1.86 bits per heavy atom. The maximum absolute atomic E-state index is 12.1. The second-order valence-corrected chi connectivity index (χ2v) is 8.91. The number of nitrogens with zero attached hydrogens (tertiary/aromatic N) is 7. The van der Waals surface area contributed by atoms with E-state index in [9.17, 15) is 4.79 Å². The molecule has 1 N–H and O–H groups in total. The molecular weight excluding hydrogens is 456 g/mol.